The van der Waals surface area contributed by atoms with E-state index in [0.29, 0.717) is 31.2 Å². The number of nitrogens with one attached hydrogen (secondary N) is 2. The molecule has 2 N–H and O–H groups in total. The Morgan fingerprint density at radius 3 is 2.52 bits per heavy atom. The number of hydrogen-bond donors (Lipinski definition) is 2. The number of aliphatic imine (C=N–C) groups is 1. The molecule has 0 spiro atoms. The van der Waals surface area contributed by atoms with E-state index < -0.39 is 0 Å². The van der Waals surface area contributed by atoms with Crippen molar-refractivity contribution in [2.24, 2.45) is 4.99 Å². The number of benzene rings is 1. The van der Waals surface area contributed by atoms with Crippen LogP contribution in [0.2, 0.25) is 0 Å². The van der Waals surface area contributed by atoms with Gasteiger partial charge >= 0.3 is 0 Å². The Morgan fingerprint density at radius 2 is 1.93 bits per heavy atom. The second-order valence-electron chi connectivity index (χ2n) is 5.79. The Morgan fingerprint density at radius 1 is 1.19 bits per heavy atom. The predicted molar refractivity (Wildman–Crippen MR) is 118 cm³/mol. The van der Waals surface area contributed by atoms with Crippen molar-refractivity contribution in [2.75, 3.05) is 34.3 Å². The van der Waals surface area contributed by atoms with Crippen LogP contribution in [0.1, 0.15) is 15.9 Å². The lowest BCUT2D eigenvalue weighted by atomic mass is 10.1. The van der Waals surface area contributed by atoms with Crippen LogP contribution in [0.4, 0.5) is 0 Å². The fourth-order valence-corrected chi connectivity index (χ4v) is 2.20. The van der Waals surface area contributed by atoms with Crippen molar-refractivity contribution in [1.29, 1.82) is 0 Å². The van der Waals surface area contributed by atoms with Crippen LogP contribution >= 0.6 is 24.0 Å². The zero-order valence-electron chi connectivity index (χ0n) is 15.8. The molecule has 0 aliphatic rings. The van der Waals surface area contributed by atoms with Crippen molar-refractivity contribution in [3.8, 4) is 5.75 Å². The topological polar surface area (TPSA) is 78.9 Å². The van der Waals surface area contributed by atoms with Crippen molar-refractivity contribution < 1.29 is 9.53 Å². The van der Waals surface area contributed by atoms with Gasteiger partial charge in [0.05, 0.1) is 12.7 Å². The van der Waals surface area contributed by atoms with E-state index in [1.165, 1.54) is 0 Å². The smallest absolute Gasteiger partial charge is 0.253 e. The van der Waals surface area contributed by atoms with E-state index in [-0.39, 0.29) is 29.9 Å². The molecule has 146 valence electrons. The largest absolute Gasteiger partial charge is 0.490 e. The Kier molecular flexibility index (Phi) is 10.2. The lowest BCUT2D eigenvalue weighted by Gasteiger charge is -2.13. The number of rotatable bonds is 7. The minimum atomic E-state index is -0.00407. The number of carbonyl (C=O) groups excluding carboxylic acids is 1. The molecular weight excluding hydrogens is 457 g/mol. The molecule has 0 radical (unpaired) electrons. The van der Waals surface area contributed by atoms with Crippen LogP contribution in [0.25, 0.3) is 0 Å². The number of ether oxygens (including phenoxy) is 1. The molecule has 0 saturated heterocycles. The fraction of sp³-hybridized carbons (Fsp3) is 0.316. The molecule has 0 saturated carbocycles. The van der Waals surface area contributed by atoms with Crippen molar-refractivity contribution >= 4 is 35.8 Å². The molecule has 0 bridgehead atoms. The average Bonchev–Trinajstić information content (AvgIpc) is 2.68. The van der Waals surface area contributed by atoms with Gasteiger partial charge < -0.3 is 20.3 Å². The number of guanidine groups is 1. The Bertz CT molecular complexity index is 721. The summed E-state index contributed by atoms with van der Waals surface area (Å²) in [5.41, 5.74) is 1.74. The van der Waals surface area contributed by atoms with E-state index in [0.717, 1.165) is 11.3 Å². The van der Waals surface area contributed by atoms with E-state index in [1.54, 1.807) is 38.4 Å². The quantitative estimate of drug-likeness (QED) is 0.273. The van der Waals surface area contributed by atoms with E-state index >= 15 is 0 Å². The number of carbonyl (C=O) groups is 1. The van der Waals surface area contributed by atoms with Gasteiger partial charge in [0, 0.05) is 39.4 Å². The van der Waals surface area contributed by atoms with Crippen LogP contribution in [0.5, 0.6) is 5.75 Å². The second kappa shape index (κ2) is 12.1. The number of nitrogens with zero attached hydrogens (tertiary/aromatic N) is 3. The zero-order valence-corrected chi connectivity index (χ0v) is 18.1. The van der Waals surface area contributed by atoms with Gasteiger partial charge in [0.25, 0.3) is 5.91 Å². The monoisotopic (exact) mass is 483 g/mol. The first kappa shape index (κ1) is 22.7. The molecule has 0 atom stereocenters. The third-order valence-electron chi connectivity index (χ3n) is 3.59. The van der Waals surface area contributed by atoms with Gasteiger partial charge in [0.15, 0.2) is 5.96 Å². The fourth-order valence-electron chi connectivity index (χ4n) is 2.20. The van der Waals surface area contributed by atoms with Gasteiger partial charge in [-0.2, -0.15) is 0 Å². The Labute approximate surface area is 177 Å². The molecule has 1 amide bonds. The maximum atomic E-state index is 11.9. The van der Waals surface area contributed by atoms with Gasteiger partial charge in [0.1, 0.15) is 12.4 Å². The Hall–Kier alpha value is -2.36. The number of pyridine rings is 1. The van der Waals surface area contributed by atoms with Crippen molar-refractivity contribution in [3.63, 3.8) is 0 Å². The third-order valence-corrected chi connectivity index (χ3v) is 3.59. The first-order valence-electron chi connectivity index (χ1n) is 8.38. The molecule has 2 aromatic rings. The SMILES string of the molecule is CN=C(NCCOc1cccnc1)NCc1ccc(C(=O)N(C)C)cc1.I. The molecule has 0 aliphatic heterocycles. The Balaban J connectivity index is 0.00000364. The van der Waals surface area contributed by atoms with Gasteiger partial charge in [-0.05, 0) is 29.8 Å². The van der Waals surface area contributed by atoms with Crippen molar-refractivity contribution in [3.05, 3.63) is 59.9 Å². The van der Waals surface area contributed by atoms with E-state index in [9.17, 15) is 4.79 Å². The summed E-state index contributed by atoms with van der Waals surface area (Å²) in [7, 11) is 5.20. The molecule has 7 nitrogen and oxygen atoms in total. The van der Waals surface area contributed by atoms with E-state index in [2.05, 4.69) is 20.6 Å². The van der Waals surface area contributed by atoms with Crippen molar-refractivity contribution in [1.82, 2.24) is 20.5 Å². The highest BCUT2D eigenvalue weighted by molar-refractivity contribution is 14.0. The zero-order chi connectivity index (χ0) is 18.8. The van der Waals surface area contributed by atoms with Gasteiger partial charge in [-0.1, -0.05) is 12.1 Å². The summed E-state index contributed by atoms with van der Waals surface area (Å²) in [4.78, 5) is 21.6. The maximum absolute atomic E-state index is 11.9. The number of aromatic nitrogens is 1. The average molecular weight is 483 g/mol. The minimum Gasteiger partial charge on any atom is -0.490 e. The number of hydrogen-bond acceptors (Lipinski definition) is 4. The van der Waals surface area contributed by atoms with Gasteiger partial charge in [-0.3, -0.25) is 14.8 Å². The number of halogens is 1. The highest BCUT2D eigenvalue weighted by Crippen LogP contribution is 2.06. The van der Waals surface area contributed by atoms with Gasteiger partial charge in [0.2, 0.25) is 0 Å². The maximum Gasteiger partial charge on any atom is 0.253 e. The molecule has 1 heterocycles. The highest BCUT2D eigenvalue weighted by Gasteiger charge is 2.07. The normalized spacial score (nSPS) is 10.6. The minimum absolute atomic E-state index is 0. The second-order valence-corrected chi connectivity index (χ2v) is 5.79. The first-order valence-corrected chi connectivity index (χ1v) is 8.38. The standard InChI is InChI=1S/C19H25N5O2.HI/c1-20-19(22-11-12-26-17-5-4-10-21-14-17)23-13-15-6-8-16(9-7-15)18(25)24(2)3;/h4-10,14H,11-13H2,1-3H3,(H2,20,22,23);1H. The molecule has 1 aromatic heterocycles. The van der Waals surface area contributed by atoms with Crippen LogP contribution in [0.3, 0.4) is 0 Å². The van der Waals surface area contributed by atoms with Crippen LogP contribution in [-0.2, 0) is 6.54 Å². The first-order chi connectivity index (χ1) is 12.6. The molecule has 0 fully saturated rings. The lowest BCUT2D eigenvalue weighted by Crippen LogP contribution is -2.38. The van der Waals surface area contributed by atoms with Gasteiger partial charge in [-0.15, -0.1) is 24.0 Å². The molecule has 27 heavy (non-hydrogen) atoms. The highest BCUT2D eigenvalue weighted by atomic mass is 127. The third kappa shape index (κ3) is 7.81. The predicted octanol–water partition coefficient (Wildman–Crippen LogP) is 2.15. The molecule has 1 aromatic carbocycles. The van der Waals surface area contributed by atoms with Crippen LogP contribution in [0, 0.1) is 0 Å². The summed E-state index contributed by atoms with van der Waals surface area (Å²) in [5, 5.41) is 6.42. The summed E-state index contributed by atoms with van der Waals surface area (Å²) in [6, 6.07) is 11.2. The molecular formula is C19H26IN5O2. The summed E-state index contributed by atoms with van der Waals surface area (Å²) in [5.74, 6) is 1.42. The molecule has 2 rings (SSSR count). The lowest BCUT2D eigenvalue weighted by molar-refractivity contribution is 0.0827. The van der Waals surface area contributed by atoms with E-state index in [4.69, 9.17) is 4.74 Å². The molecule has 8 heteroatoms. The summed E-state index contributed by atoms with van der Waals surface area (Å²) < 4.78 is 5.57. The number of amides is 1. The van der Waals surface area contributed by atoms with Crippen molar-refractivity contribution in [2.45, 2.75) is 6.54 Å². The summed E-state index contributed by atoms with van der Waals surface area (Å²) >= 11 is 0. The summed E-state index contributed by atoms with van der Waals surface area (Å²) in [6.45, 7) is 1.73. The summed E-state index contributed by atoms with van der Waals surface area (Å²) in [6.07, 6.45) is 3.39. The van der Waals surface area contributed by atoms with Crippen LogP contribution in [0.15, 0.2) is 53.8 Å². The molecule has 0 unspecified atom stereocenters. The van der Waals surface area contributed by atoms with E-state index in [1.807, 2.05) is 36.4 Å². The molecule has 0 aliphatic carbocycles. The van der Waals surface area contributed by atoms with Crippen LogP contribution < -0.4 is 15.4 Å². The van der Waals surface area contributed by atoms with Gasteiger partial charge in [-0.25, -0.2) is 0 Å². The van der Waals surface area contributed by atoms with Crippen LogP contribution in [-0.4, -0.2) is 56.0 Å².